The summed E-state index contributed by atoms with van der Waals surface area (Å²) in [4.78, 5) is 28.6. The number of amides is 2. The summed E-state index contributed by atoms with van der Waals surface area (Å²) >= 11 is 18.3. The van der Waals surface area contributed by atoms with E-state index < -0.39 is 16.1 Å². The molecule has 1 atom stereocenters. The van der Waals surface area contributed by atoms with Gasteiger partial charge in [-0.15, -0.1) is 0 Å². The lowest BCUT2D eigenvalue weighted by molar-refractivity contribution is -0.141. The molecule has 0 aliphatic rings. The average Bonchev–Trinajstić information content (AvgIpc) is 2.91. The fourth-order valence-electron chi connectivity index (χ4n) is 4.29. The van der Waals surface area contributed by atoms with Gasteiger partial charge in [0.25, 0.3) is 0 Å². The van der Waals surface area contributed by atoms with Gasteiger partial charge in [0.05, 0.1) is 22.0 Å². The quantitative estimate of drug-likeness (QED) is 0.254. The standard InChI is InChI=1S/C29H32Cl3N3O4S/c1-3-33-29(37)27(19-21-8-5-4-6-9-21)34(20-22-11-16-25(31)26(32)18-22)28(36)10-7-17-35(40(2,38)39)24-14-12-23(30)13-15-24/h4-6,8-9,11-16,18,27H,3,7,10,17,19-20H2,1-2H3,(H,33,37). The highest BCUT2D eigenvalue weighted by molar-refractivity contribution is 7.92. The zero-order valence-electron chi connectivity index (χ0n) is 22.3. The Morgan fingerprint density at radius 1 is 0.900 bits per heavy atom. The Hall–Kier alpha value is -2.78. The zero-order valence-corrected chi connectivity index (χ0v) is 25.4. The van der Waals surface area contributed by atoms with Crippen molar-refractivity contribution >= 4 is 62.3 Å². The molecule has 3 aromatic carbocycles. The summed E-state index contributed by atoms with van der Waals surface area (Å²) in [6, 6.07) is 20.2. The van der Waals surface area contributed by atoms with Gasteiger partial charge in [-0.1, -0.05) is 71.2 Å². The van der Waals surface area contributed by atoms with Crippen molar-refractivity contribution in [1.82, 2.24) is 10.2 Å². The van der Waals surface area contributed by atoms with Crippen molar-refractivity contribution in [2.45, 2.75) is 38.8 Å². The number of carbonyl (C=O) groups is 2. The molecule has 1 unspecified atom stereocenters. The van der Waals surface area contributed by atoms with Crippen LogP contribution in [0.4, 0.5) is 5.69 Å². The number of hydrogen-bond acceptors (Lipinski definition) is 4. The summed E-state index contributed by atoms with van der Waals surface area (Å²) in [6.45, 7) is 2.43. The minimum absolute atomic E-state index is 0.0195. The Bertz CT molecular complexity index is 1400. The number of nitrogens with one attached hydrogen (secondary N) is 1. The SMILES string of the molecule is CCNC(=O)C(Cc1ccccc1)N(Cc1ccc(Cl)c(Cl)c1)C(=O)CCCN(c1ccc(Cl)cc1)S(C)(=O)=O. The summed E-state index contributed by atoms with van der Waals surface area (Å²) in [7, 11) is -3.61. The number of sulfonamides is 1. The first-order valence-electron chi connectivity index (χ1n) is 12.8. The monoisotopic (exact) mass is 623 g/mol. The molecule has 7 nitrogen and oxygen atoms in total. The van der Waals surface area contributed by atoms with E-state index in [0.29, 0.717) is 39.3 Å². The van der Waals surface area contributed by atoms with Gasteiger partial charge in [-0.05, 0) is 60.9 Å². The normalized spacial score (nSPS) is 12.0. The molecule has 0 saturated heterocycles. The van der Waals surface area contributed by atoms with Gasteiger partial charge in [0.2, 0.25) is 21.8 Å². The number of rotatable bonds is 13. The van der Waals surface area contributed by atoms with Gasteiger partial charge in [0, 0.05) is 37.5 Å². The Kier molecular flexibility index (Phi) is 11.7. The average molecular weight is 625 g/mol. The van der Waals surface area contributed by atoms with Crippen molar-refractivity contribution in [2.24, 2.45) is 0 Å². The van der Waals surface area contributed by atoms with E-state index in [1.54, 1.807) is 42.5 Å². The van der Waals surface area contributed by atoms with Crippen LogP contribution in [0.25, 0.3) is 0 Å². The topological polar surface area (TPSA) is 86.8 Å². The smallest absolute Gasteiger partial charge is 0.243 e. The van der Waals surface area contributed by atoms with E-state index in [1.807, 2.05) is 37.3 Å². The van der Waals surface area contributed by atoms with Crippen molar-refractivity contribution in [3.05, 3.63) is 99.0 Å². The Morgan fingerprint density at radius 3 is 2.17 bits per heavy atom. The maximum atomic E-state index is 13.8. The molecule has 0 bridgehead atoms. The van der Waals surface area contributed by atoms with E-state index in [9.17, 15) is 18.0 Å². The number of carbonyl (C=O) groups excluding carboxylic acids is 2. The largest absolute Gasteiger partial charge is 0.355 e. The fourth-order valence-corrected chi connectivity index (χ4v) is 5.70. The molecule has 0 spiro atoms. The van der Waals surface area contributed by atoms with Gasteiger partial charge in [-0.25, -0.2) is 8.42 Å². The highest BCUT2D eigenvalue weighted by Crippen LogP contribution is 2.25. The number of halogens is 3. The number of benzene rings is 3. The molecule has 214 valence electrons. The molecule has 0 radical (unpaired) electrons. The third-order valence-electron chi connectivity index (χ3n) is 6.23. The Labute approximate surface area is 251 Å². The van der Waals surface area contributed by atoms with E-state index in [1.165, 1.54) is 9.21 Å². The minimum Gasteiger partial charge on any atom is -0.355 e. The summed E-state index contributed by atoms with van der Waals surface area (Å²) in [5, 5.41) is 4.06. The van der Waals surface area contributed by atoms with Crippen LogP contribution in [-0.2, 0) is 32.6 Å². The highest BCUT2D eigenvalue weighted by Gasteiger charge is 2.30. The molecular weight excluding hydrogens is 593 g/mol. The van der Waals surface area contributed by atoms with E-state index in [4.69, 9.17) is 34.8 Å². The van der Waals surface area contributed by atoms with Crippen molar-refractivity contribution in [1.29, 1.82) is 0 Å². The number of likely N-dealkylation sites (N-methyl/N-ethyl adjacent to an activating group) is 1. The summed E-state index contributed by atoms with van der Waals surface area (Å²) in [6.07, 6.45) is 1.68. The molecule has 11 heteroatoms. The Morgan fingerprint density at radius 2 is 1.57 bits per heavy atom. The maximum Gasteiger partial charge on any atom is 0.243 e. The predicted molar refractivity (Wildman–Crippen MR) is 163 cm³/mol. The van der Waals surface area contributed by atoms with Gasteiger partial charge in [0.15, 0.2) is 0 Å². The first-order chi connectivity index (χ1) is 19.0. The minimum atomic E-state index is -3.61. The predicted octanol–water partition coefficient (Wildman–Crippen LogP) is 5.97. The number of anilines is 1. The van der Waals surface area contributed by atoms with Crippen molar-refractivity contribution < 1.29 is 18.0 Å². The van der Waals surface area contributed by atoms with Gasteiger partial charge < -0.3 is 10.2 Å². The third kappa shape index (κ3) is 9.13. The third-order valence-corrected chi connectivity index (χ3v) is 8.41. The van der Waals surface area contributed by atoms with Gasteiger partial charge in [0.1, 0.15) is 6.04 Å². The number of nitrogens with zero attached hydrogens (tertiary/aromatic N) is 2. The molecule has 2 amide bonds. The van der Waals surface area contributed by atoms with Crippen molar-refractivity contribution in [3.8, 4) is 0 Å². The van der Waals surface area contributed by atoms with Crippen LogP contribution in [0.1, 0.15) is 30.9 Å². The lowest BCUT2D eigenvalue weighted by atomic mass is 10.0. The van der Waals surface area contributed by atoms with Crippen LogP contribution in [0.3, 0.4) is 0 Å². The molecule has 0 aromatic heterocycles. The second kappa shape index (κ2) is 14.7. The van der Waals surface area contributed by atoms with Crippen LogP contribution in [0.2, 0.25) is 15.1 Å². The molecule has 0 heterocycles. The molecule has 3 rings (SSSR count). The lowest BCUT2D eigenvalue weighted by Gasteiger charge is -2.32. The molecular formula is C29H32Cl3N3O4S. The van der Waals surface area contributed by atoms with Crippen molar-refractivity contribution in [2.75, 3.05) is 23.7 Å². The summed E-state index contributed by atoms with van der Waals surface area (Å²) in [5.41, 5.74) is 2.07. The van der Waals surface area contributed by atoms with Crippen LogP contribution in [0, 0.1) is 0 Å². The summed E-state index contributed by atoms with van der Waals surface area (Å²) in [5.74, 6) is -0.568. The first kappa shape index (κ1) is 31.7. The second-order valence-electron chi connectivity index (χ2n) is 9.29. The molecule has 40 heavy (non-hydrogen) atoms. The van der Waals surface area contributed by atoms with Gasteiger partial charge >= 0.3 is 0 Å². The molecule has 0 fully saturated rings. The maximum absolute atomic E-state index is 13.8. The second-order valence-corrected chi connectivity index (χ2v) is 12.4. The zero-order chi connectivity index (χ0) is 29.3. The highest BCUT2D eigenvalue weighted by atomic mass is 35.5. The molecule has 0 aliphatic heterocycles. The van der Waals surface area contributed by atoms with E-state index in [2.05, 4.69) is 5.32 Å². The van der Waals surface area contributed by atoms with Crippen molar-refractivity contribution in [3.63, 3.8) is 0 Å². The van der Waals surface area contributed by atoms with Gasteiger partial charge in [-0.3, -0.25) is 13.9 Å². The lowest BCUT2D eigenvalue weighted by Crippen LogP contribution is -2.50. The first-order valence-corrected chi connectivity index (χ1v) is 15.8. The van der Waals surface area contributed by atoms with Crippen LogP contribution < -0.4 is 9.62 Å². The van der Waals surface area contributed by atoms with Crippen LogP contribution in [0.15, 0.2) is 72.8 Å². The molecule has 3 aromatic rings. The molecule has 0 saturated carbocycles. The fraction of sp³-hybridized carbons (Fsp3) is 0.310. The Balaban J connectivity index is 1.87. The van der Waals surface area contributed by atoms with E-state index >= 15 is 0 Å². The van der Waals surface area contributed by atoms with Gasteiger partial charge in [-0.2, -0.15) is 0 Å². The molecule has 0 aliphatic carbocycles. The molecule has 1 N–H and O–H groups in total. The number of hydrogen-bond donors (Lipinski definition) is 1. The van der Waals surface area contributed by atoms with E-state index in [0.717, 1.165) is 11.8 Å². The van der Waals surface area contributed by atoms with E-state index in [-0.39, 0.29) is 37.7 Å². The summed E-state index contributed by atoms with van der Waals surface area (Å²) < 4.78 is 26.3. The van der Waals surface area contributed by atoms with Crippen LogP contribution >= 0.6 is 34.8 Å². The van der Waals surface area contributed by atoms with Crippen LogP contribution in [-0.4, -0.2) is 50.5 Å². The van der Waals surface area contributed by atoms with Crippen LogP contribution in [0.5, 0.6) is 0 Å².